The van der Waals surface area contributed by atoms with E-state index in [1.807, 2.05) is 0 Å². The van der Waals surface area contributed by atoms with Crippen molar-refractivity contribution in [3.05, 3.63) is 23.8 Å². The second-order valence-corrected chi connectivity index (χ2v) is 6.35. The third-order valence-corrected chi connectivity index (χ3v) is 4.66. The number of fused-ring (bicyclic) bond motifs is 1. The average molecular weight is 275 g/mol. The zero-order chi connectivity index (χ0) is 13.1. The van der Waals surface area contributed by atoms with Gasteiger partial charge in [-0.15, -0.1) is 0 Å². The monoisotopic (exact) mass is 275 g/mol. The summed E-state index contributed by atoms with van der Waals surface area (Å²) in [7, 11) is 0. The van der Waals surface area contributed by atoms with Crippen LogP contribution in [0.1, 0.15) is 24.8 Å². The number of anilines is 1. The first-order chi connectivity index (χ1) is 9.31. The van der Waals surface area contributed by atoms with Crippen LogP contribution in [0.15, 0.2) is 18.2 Å². The average Bonchev–Trinajstić information content (AvgIpc) is 3.02. The fraction of sp³-hybridized carbons (Fsp3) is 0.533. The van der Waals surface area contributed by atoms with Crippen LogP contribution in [0.2, 0.25) is 0 Å². The Morgan fingerprint density at radius 3 is 3.00 bits per heavy atom. The van der Waals surface area contributed by atoms with E-state index in [4.69, 9.17) is 0 Å². The highest BCUT2D eigenvalue weighted by atomic mass is 32.1. The first-order valence-electron chi connectivity index (χ1n) is 7.15. The molecule has 1 aromatic carbocycles. The summed E-state index contributed by atoms with van der Waals surface area (Å²) >= 11 is 1.75. The summed E-state index contributed by atoms with van der Waals surface area (Å²) in [4.78, 5) is 7.20. The molecule has 0 unspecified atom stereocenters. The van der Waals surface area contributed by atoms with Gasteiger partial charge in [-0.2, -0.15) is 0 Å². The molecule has 0 radical (unpaired) electrons. The molecule has 0 bridgehead atoms. The molecule has 19 heavy (non-hydrogen) atoms. The molecule has 0 saturated carbocycles. The van der Waals surface area contributed by atoms with Gasteiger partial charge in [0.2, 0.25) is 0 Å². The highest BCUT2D eigenvalue weighted by molar-refractivity contribution is 7.22. The number of benzene rings is 1. The normalized spacial score (nSPS) is 16.3. The molecule has 2 heterocycles. The van der Waals surface area contributed by atoms with E-state index >= 15 is 0 Å². The van der Waals surface area contributed by atoms with Crippen molar-refractivity contribution >= 4 is 26.7 Å². The molecule has 1 aliphatic rings. The molecule has 1 saturated heterocycles. The summed E-state index contributed by atoms with van der Waals surface area (Å²) in [6.45, 7) is 6.94. The van der Waals surface area contributed by atoms with E-state index in [0.717, 1.165) is 17.2 Å². The van der Waals surface area contributed by atoms with E-state index < -0.39 is 0 Å². The molecule has 1 fully saturated rings. The van der Waals surface area contributed by atoms with E-state index in [2.05, 4.69) is 40.3 Å². The van der Waals surface area contributed by atoms with Crippen molar-refractivity contribution in [2.45, 2.75) is 26.2 Å². The zero-order valence-corrected chi connectivity index (χ0v) is 12.3. The van der Waals surface area contributed by atoms with Crippen LogP contribution < -0.4 is 5.32 Å². The van der Waals surface area contributed by atoms with Gasteiger partial charge in [0.05, 0.1) is 10.2 Å². The largest absolute Gasteiger partial charge is 0.361 e. The minimum atomic E-state index is 1.02. The van der Waals surface area contributed by atoms with Gasteiger partial charge >= 0.3 is 0 Å². The van der Waals surface area contributed by atoms with Gasteiger partial charge in [-0.05, 0) is 63.5 Å². The second kappa shape index (κ2) is 5.88. The molecule has 4 heteroatoms. The topological polar surface area (TPSA) is 28.2 Å². The van der Waals surface area contributed by atoms with Crippen molar-refractivity contribution in [1.82, 2.24) is 9.88 Å². The highest BCUT2D eigenvalue weighted by Crippen LogP contribution is 2.26. The Morgan fingerprint density at radius 2 is 2.16 bits per heavy atom. The Hall–Kier alpha value is -1.13. The van der Waals surface area contributed by atoms with E-state index in [-0.39, 0.29) is 0 Å². The van der Waals surface area contributed by atoms with Crippen LogP contribution in [0.3, 0.4) is 0 Å². The molecule has 1 aromatic heterocycles. The Bertz CT molecular complexity index is 543. The first-order valence-corrected chi connectivity index (χ1v) is 7.96. The smallest absolute Gasteiger partial charge is 0.183 e. The Kier molecular flexibility index (Phi) is 3.99. The first kappa shape index (κ1) is 12.9. The maximum Gasteiger partial charge on any atom is 0.183 e. The van der Waals surface area contributed by atoms with Gasteiger partial charge in [0.1, 0.15) is 0 Å². The van der Waals surface area contributed by atoms with E-state index in [0.29, 0.717) is 0 Å². The van der Waals surface area contributed by atoms with Crippen molar-refractivity contribution in [2.75, 3.05) is 31.5 Å². The summed E-state index contributed by atoms with van der Waals surface area (Å²) in [5.74, 6) is 0. The van der Waals surface area contributed by atoms with E-state index in [1.165, 1.54) is 49.2 Å². The predicted molar refractivity (Wildman–Crippen MR) is 83.1 cm³/mol. The standard InChI is InChI=1S/C15H21N3S/c1-12-5-6-14-13(11-12)17-15(19-14)16-7-4-10-18-8-2-3-9-18/h5-6,11H,2-4,7-10H2,1H3,(H,16,17). The van der Waals surface area contributed by atoms with Crippen LogP contribution in [-0.4, -0.2) is 36.1 Å². The van der Waals surface area contributed by atoms with Gasteiger partial charge in [-0.25, -0.2) is 4.98 Å². The molecule has 0 atom stereocenters. The van der Waals surface area contributed by atoms with Gasteiger partial charge in [0.15, 0.2) is 5.13 Å². The fourth-order valence-electron chi connectivity index (χ4n) is 2.62. The molecule has 0 aliphatic carbocycles. The van der Waals surface area contributed by atoms with Crippen LogP contribution >= 0.6 is 11.3 Å². The maximum atomic E-state index is 4.64. The lowest BCUT2D eigenvalue weighted by Gasteiger charge is -2.13. The molecule has 3 rings (SSSR count). The lowest BCUT2D eigenvalue weighted by Crippen LogP contribution is -2.22. The minimum absolute atomic E-state index is 1.02. The SMILES string of the molecule is Cc1ccc2sc(NCCCN3CCCC3)nc2c1. The molecule has 102 valence electrons. The van der Waals surface area contributed by atoms with Gasteiger partial charge in [-0.1, -0.05) is 17.4 Å². The van der Waals surface area contributed by atoms with Gasteiger partial charge in [-0.3, -0.25) is 0 Å². The molecule has 0 spiro atoms. The van der Waals surface area contributed by atoms with Crippen molar-refractivity contribution in [3.8, 4) is 0 Å². The number of nitrogens with one attached hydrogen (secondary N) is 1. The Labute approximate surface area is 118 Å². The summed E-state index contributed by atoms with van der Waals surface area (Å²) in [6.07, 6.45) is 3.96. The fourth-order valence-corrected chi connectivity index (χ4v) is 3.49. The maximum absolute atomic E-state index is 4.64. The molecule has 0 amide bonds. The number of likely N-dealkylation sites (tertiary alicyclic amines) is 1. The van der Waals surface area contributed by atoms with Crippen LogP contribution in [0, 0.1) is 6.92 Å². The van der Waals surface area contributed by atoms with E-state index in [9.17, 15) is 0 Å². The number of aromatic nitrogens is 1. The van der Waals surface area contributed by atoms with Crippen molar-refractivity contribution < 1.29 is 0 Å². The number of aryl methyl sites for hydroxylation is 1. The quantitative estimate of drug-likeness (QED) is 0.847. The third kappa shape index (κ3) is 3.25. The number of hydrogen-bond donors (Lipinski definition) is 1. The van der Waals surface area contributed by atoms with Crippen LogP contribution in [-0.2, 0) is 0 Å². The lowest BCUT2D eigenvalue weighted by molar-refractivity contribution is 0.337. The van der Waals surface area contributed by atoms with Gasteiger partial charge in [0, 0.05) is 6.54 Å². The Morgan fingerprint density at radius 1 is 1.32 bits per heavy atom. The lowest BCUT2D eigenvalue weighted by atomic mass is 10.2. The predicted octanol–water partition coefficient (Wildman–Crippen LogP) is 3.50. The summed E-state index contributed by atoms with van der Waals surface area (Å²) in [6, 6.07) is 6.47. The van der Waals surface area contributed by atoms with Crippen LogP contribution in [0.5, 0.6) is 0 Å². The van der Waals surface area contributed by atoms with Crippen molar-refractivity contribution in [3.63, 3.8) is 0 Å². The third-order valence-electron chi connectivity index (χ3n) is 3.67. The highest BCUT2D eigenvalue weighted by Gasteiger charge is 2.10. The molecular weight excluding hydrogens is 254 g/mol. The summed E-state index contributed by atoms with van der Waals surface area (Å²) < 4.78 is 1.27. The zero-order valence-electron chi connectivity index (χ0n) is 11.5. The van der Waals surface area contributed by atoms with E-state index in [1.54, 1.807) is 11.3 Å². The molecular formula is C15H21N3S. The Balaban J connectivity index is 1.50. The van der Waals surface area contributed by atoms with Crippen LogP contribution in [0.4, 0.5) is 5.13 Å². The number of hydrogen-bond acceptors (Lipinski definition) is 4. The molecule has 1 aliphatic heterocycles. The number of rotatable bonds is 5. The number of nitrogens with zero attached hydrogens (tertiary/aromatic N) is 2. The van der Waals surface area contributed by atoms with Crippen LogP contribution in [0.25, 0.3) is 10.2 Å². The van der Waals surface area contributed by atoms with Crippen molar-refractivity contribution in [2.24, 2.45) is 0 Å². The molecule has 2 aromatic rings. The number of thiazole rings is 1. The molecule has 3 nitrogen and oxygen atoms in total. The summed E-state index contributed by atoms with van der Waals surface area (Å²) in [5, 5.41) is 4.52. The minimum Gasteiger partial charge on any atom is -0.361 e. The van der Waals surface area contributed by atoms with Crippen molar-refractivity contribution in [1.29, 1.82) is 0 Å². The van der Waals surface area contributed by atoms with Gasteiger partial charge in [0.25, 0.3) is 0 Å². The second-order valence-electron chi connectivity index (χ2n) is 5.32. The summed E-state index contributed by atoms with van der Waals surface area (Å²) in [5.41, 5.74) is 2.39. The van der Waals surface area contributed by atoms with Gasteiger partial charge < -0.3 is 10.2 Å². The molecule has 1 N–H and O–H groups in total.